The molecule has 0 atom stereocenters. The molecule has 0 heterocycles. The molecular formula is C15H29N3O2. The second-order valence-corrected chi connectivity index (χ2v) is 5.43. The Kier molecular flexibility index (Phi) is 9.72. The minimum atomic E-state index is -0.310. The van der Waals surface area contributed by atoms with Gasteiger partial charge in [-0.15, -0.1) is 0 Å². The second-order valence-electron chi connectivity index (χ2n) is 5.43. The largest absolute Gasteiger partial charge is 0.383 e. The number of nitro groups is 1. The molecular weight excluding hydrogens is 254 g/mol. The molecule has 0 aliphatic heterocycles. The van der Waals surface area contributed by atoms with Gasteiger partial charge in [0.1, 0.15) is 0 Å². The molecule has 5 heteroatoms. The van der Waals surface area contributed by atoms with E-state index in [9.17, 15) is 10.1 Å². The minimum Gasteiger partial charge on any atom is -0.383 e. The van der Waals surface area contributed by atoms with Crippen LogP contribution in [0, 0.1) is 16.0 Å². The summed E-state index contributed by atoms with van der Waals surface area (Å²) in [5.74, 6) is 0.608. The van der Waals surface area contributed by atoms with Gasteiger partial charge in [0.15, 0.2) is 0 Å². The number of hydrogen-bond acceptors (Lipinski definition) is 4. The molecule has 0 aliphatic carbocycles. The molecule has 0 rings (SSSR count). The van der Waals surface area contributed by atoms with Crippen molar-refractivity contribution in [3.05, 3.63) is 33.2 Å². The fourth-order valence-electron chi connectivity index (χ4n) is 1.78. The predicted octanol–water partition coefficient (Wildman–Crippen LogP) is 3.21. The van der Waals surface area contributed by atoms with Gasteiger partial charge in [0, 0.05) is 12.6 Å². The van der Waals surface area contributed by atoms with Gasteiger partial charge in [-0.2, -0.15) is 0 Å². The van der Waals surface area contributed by atoms with E-state index in [1.54, 1.807) is 13.0 Å². The van der Waals surface area contributed by atoms with Crippen LogP contribution in [0.3, 0.4) is 0 Å². The van der Waals surface area contributed by atoms with Crippen molar-refractivity contribution in [2.75, 3.05) is 13.1 Å². The number of nitrogens with two attached hydrogens (primary N) is 1. The number of rotatable bonds is 10. The van der Waals surface area contributed by atoms with Crippen molar-refractivity contribution in [2.45, 2.75) is 53.4 Å². The van der Waals surface area contributed by atoms with Crippen molar-refractivity contribution < 1.29 is 4.92 Å². The summed E-state index contributed by atoms with van der Waals surface area (Å²) in [5.41, 5.74) is 7.33. The zero-order valence-electron chi connectivity index (χ0n) is 13.2. The van der Waals surface area contributed by atoms with Gasteiger partial charge in [0.05, 0.1) is 10.6 Å². The van der Waals surface area contributed by atoms with Gasteiger partial charge in [0.2, 0.25) is 0 Å². The first-order valence-corrected chi connectivity index (χ1v) is 7.41. The lowest BCUT2D eigenvalue weighted by Gasteiger charge is -2.09. The molecule has 3 N–H and O–H groups in total. The Balaban J connectivity index is 4.95. The third-order valence-corrected chi connectivity index (χ3v) is 3.19. The molecule has 0 aliphatic rings. The van der Waals surface area contributed by atoms with Crippen LogP contribution in [0.15, 0.2) is 23.0 Å². The third kappa shape index (κ3) is 7.94. The third-order valence-electron chi connectivity index (χ3n) is 3.19. The lowest BCUT2D eigenvalue weighted by atomic mass is 10.00. The first-order chi connectivity index (χ1) is 9.42. The van der Waals surface area contributed by atoms with E-state index in [1.807, 2.05) is 6.92 Å². The van der Waals surface area contributed by atoms with Gasteiger partial charge in [-0.05, 0) is 45.1 Å². The summed E-state index contributed by atoms with van der Waals surface area (Å²) in [6.07, 6.45) is 5.36. The molecule has 0 radical (unpaired) electrons. The summed E-state index contributed by atoms with van der Waals surface area (Å²) in [6.45, 7) is 9.37. The summed E-state index contributed by atoms with van der Waals surface area (Å²) in [5, 5.41) is 14.3. The molecule has 0 fully saturated rings. The highest BCUT2D eigenvalue weighted by Gasteiger charge is 2.13. The average Bonchev–Trinajstić information content (AvgIpc) is 2.38. The van der Waals surface area contributed by atoms with Crippen molar-refractivity contribution in [2.24, 2.45) is 11.7 Å². The van der Waals surface area contributed by atoms with E-state index in [2.05, 4.69) is 19.2 Å². The van der Waals surface area contributed by atoms with Crippen LogP contribution in [0.1, 0.15) is 53.4 Å². The van der Waals surface area contributed by atoms with Crippen LogP contribution >= 0.6 is 0 Å². The Hall–Kier alpha value is -1.36. The summed E-state index contributed by atoms with van der Waals surface area (Å²) in [4.78, 5) is 10.9. The van der Waals surface area contributed by atoms with Crippen molar-refractivity contribution in [3.63, 3.8) is 0 Å². The molecule has 116 valence electrons. The van der Waals surface area contributed by atoms with Crippen LogP contribution in [-0.2, 0) is 0 Å². The summed E-state index contributed by atoms with van der Waals surface area (Å²) < 4.78 is 0. The Morgan fingerprint density at radius 2 is 2.10 bits per heavy atom. The van der Waals surface area contributed by atoms with Crippen LogP contribution in [-0.4, -0.2) is 18.0 Å². The molecule has 0 bridgehead atoms. The van der Waals surface area contributed by atoms with E-state index < -0.39 is 0 Å². The summed E-state index contributed by atoms with van der Waals surface area (Å²) in [7, 11) is 0. The fraction of sp³-hybridized carbons (Fsp3) is 0.733. The monoisotopic (exact) mass is 283 g/mol. The van der Waals surface area contributed by atoms with Crippen molar-refractivity contribution >= 4 is 0 Å². The maximum atomic E-state index is 11.2. The Labute approximate surface area is 122 Å². The highest BCUT2D eigenvalue weighted by Crippen LogP contribution is 2.18. The van der Waals surface area contributed by atoms with Gasteiger partial charge < -0.3 is 11.1 Å². The molecule has 5 nitrogen and oxygen atoms in total. The van der Waals surface area contributed by atoms with Gasteiger partial charge in [-0.1, -0.05) is 26.3 Å². The zero-order valence-corrected chi connectivity index (χ0v) is 13.2. The number of nitrogens with zero attached hydrogens (tertiary/aromatic N) is 1. The van der Waals surface area contributed by atoms with E-state index in [0.717, 1.165) is 31.3 Å². The first-order valence-electron chi connectivity index (χ1n) is 7.41. The van der Waals surface area contributed by atoms with E-state index in [-0.39, 0.29) is 10.6 Å². The van der Waals surface area contributed by atoms with Gasteiger partial charge in [-0.25, -0.2) is 0 Å². The first kappa shape index (κ1) is 18.6. The van der Waals surface area contributed by atoms with Crippen LogP contribution in [0.5, 0.6) is 0 Å². The quantitative estimate of drug-likeness (QED) is 0.279. The van der Waals surface area contributed by atoms with Crippen LogP contribution in [0.4, 0.5) is 0 Å². The van der Waals surface area contributed by atoms with E-state index >= 15 is 0 Å². The average molecular weight is 283 g/mol. The summed E-state index contributed by atoms with van der Waals surface area (Å²) >= 11 is 0. The molecule has 0 aromatic rings. The SMILES string of the molecule is CC/C(=C/C(=C(\C)NCCCN)[N+](=O)[O-])CCC(C)C. The summed E-state index contributed by atoms with van der Waals surface area (Å²) in [6, 6.07) is 0. The number of hydrogen-bond donors (Lipinski definition) is 2. The minimum absolute atomic E-state index is 0.169. The molecule has 0 saturated heterocycles. The Bertz CT molecular complexity index is 360. The Morgan fingerprint density at radius 1 is 1.45 bits per heavy atom. The van der Waals surface area contributed by atoms with Crippen LogP contribution in [0.2, 0.25) is 0 Å². The number of allylic oxidation sites excluding steroid dienone is 3. The predicted molar refractivity (Wildman–Crippen MR) is 83.8 cm³/mol. The van der Waals surface area contributed by atoms with Crippen LogP contribution in [0.25, 0.3) is 0 Å². The van der Waals surface area contributed by atoms with Crippen molar-refractivity contribution in [3.8, 4) is 0 Å². The maximum Gasteiger partial charge on any atom is 0.287 e. The molecule has 0 aromatic heterocycles. The van der Waals surface area contributed by atoms with Crippen molar-refractivity contribution in [1.82, 2.24) is 5.32 Å². The second kappa shape index (κ2) is 10.4. The normalized spacial score (nSPS) is 13.4. The Morgan fingerprint density at radius 3 is 2.55 bits per heavy atom. The highest BCUT2D eigenvalue weighted by molar-refractivity contribution is 5.22. The smallest absolute Gasteiger partial charge is 0.287 e. The van der Waals surface area contributed by atoms with Crippen LogP contribution < -0.4 is 11.1 Å². The van der Waals surface area contributed by atoms with E-state index in [1.165, 1.54) is 0 Å². The highest BCUT2D eigenvalue weighted by atomic mass is 16.6. The zero-order chi connectivity index (χ0) is 15.5. The number of nitrogens with one attached hydrogen (secondary N) is 1. The maximum absolute atomic E-state index is 11.2. The molecule has 0 aromatic carbocycles. The molecule has 0 amide bonds. The van der Waals surface area contributed by atoms with Gasteiger partial charge in [0.25, 0.3) is 5.70 Å². The van der Waals surface area contributed by atoms with Crippen molar-refractivity contribution in [1.29, 1.82) is 0 Å². The lowest BCUT2D eigenvalue weighted by molar-refractivity contribution is -0.420. The molecule has 0 spiro atoms. The van der Waals surface area contributed by atoms with E-state index in [0.29, 0.717) is 24.7 Å². The van der Waals surface area contributed by atoms with E-state index in [4.69, 9.17) is 5.73 Å². The molecule has 0 unspecified atom stereocenters. The standard InChI is InChI=1S/C15H29N3O2/c1-5-14(8-7-12(2)3)11-15(18(19)20)13(4)17-10-6-9-16/h11-12,17H,5-10,16H2,1-4H3/b14-11-,15-13-. The molecule has 0 saturated carbocycles. The van der Waals surface area contributed by atoms with Gasteiger partial charge >= 0.3 is 0 Å². The fourth-order valence-corrected chi connectivity index (χ4v) is 1.78. The lowest BCUT2D eigenvalue weighted by Crippen LogP contribution is -2.19. The van der Waals surface area contributed by atoms with Gasteiger partial charge in [-0.3, -0.25) is 10.1 Å². The molecule has 20 heavy (non-hydrogen) atoms. The topological polar surface area (TPSA) is 81.2 Å².